The molecule has 9 heteroatoms. The van der Waals surface area contributed by atoms with Crippen molar-refractivity contribution in [1.82, 2.24) is 10.2 Å². The van der Waals surface area contributed by atoms with Crippen LogP contribution in [-0.4, -0.2) is 37.3 Å². The molecule has 19 heavy (non-hydrogen) atoms. The molecular formula is C10H14Cl3F3N2S. The van der Waals surface area contributed by atoms with Crippen molar-refractivity contribution >= 4 is 47.8 Å². The molecule has 0 radical (unpaired) electrons. The fraction of sp³-hybridized carbons (Fsp3) is 0.600. The largest absolute Gasteiger partial charge is 0.408 e. The number of piperazine rings is 1. The van der Waals surface area contributed by atoms with Gasteiger partial charge in [0, 0.05) is 31.1 Å². The van der Waals surface area contributed by atoms with Gasteiger partial charge in [-0.15, -0.1) is 36.2 Å². The molecule has 112 valence electrons. The first-order valence-corrected chi connectivity index (χ1v) is 6.50. The summed E-state index contributed by atoms with van der Waals surface area (Å²) in [6.45, 7) is 1.93. The molecule has 1 aromatic rings. The minimum atomic E-state index is -4.29. The molecule has 0 unspecified atom stereocenters. The van der Waals surface area contributed by atoms with E-state index in [1.54, 1.807) is 5.38 Å². The quantitative estimate of drug-likeness (QED) is 0.867. The first kappa shape index (κ1) is 19.3. The van der Waals surface area contributed by atoms with Crippen molar-refractivity contribution in [2.75, 3.05) is 26.2 Å². The SMILES string of the molecule is Cl.Cl.FC(F)(F)[C@H](c1sccc1Cl)N1CCNCC1. The van der Waals surface area contributed by atoms with E-state index in [1.165, 1.54) is 11.0 Å². The number of alkyl halides is 3. The van der Waals surface area contributed by atoms with Crippen LogP contribution in [0.15, 0.2) is 11.4 Å². The molecule has 0 saturated carbocycles. The van der Waals surface area contributed by atoms with Crippen molar-refractivity contribution in [1.29, 1.82) is 0 Å². The number of nitrogens with zero attached hydrogens (tertiary/aromatic N) is 1. The van der Waals surface area contributed by atoms with Gasteiger partial charge in [-0.1, -0.05) is 11.6 Å². The Hall–Kier alpha value is 0.280. The molecule has 1 N–H and O–H groups in total. The van der Waals surface area contributed by atoms with E-state index in [1.807, 2.05) is 0 Å². The Morgan fingerprint density at radius 1 is 1.26 bits per heavy atom. The maximum absolute atomic E-state index is 13.1. The lowest BCUT2D eigenvalue weighted by molar-refractivity contribution is -0.186. The van der Waals surface area contributed by atoms with Gasteiger partial charge in [-0.25, -0.2) is 0 Å². The highest BCUT2D eigenvalue weighted by Gasteiger charge is 2.46. The maximum atomic E-state index is 13.1. The van der Waals surface area contributed by atoms with Gasteiger partial charge in [-0.05, 0) is 11.4 Å². The molecule has 0 aliphatic carbocycles. The van der Waals surface area contributed by atoms with Crippen molar-refractivity contribution < 1.29 is 13.2 Å². The van der Waals surface area contributed by atoms with Crippen LogP contribution in [-0.2, 0) is 0 Å². The molecule has 1 atom stereocenters. The van der Waals surface area contributed by atoms with Crippen LogP contribution in [0.2, 0.25) is 5.02 Å². The Labute approximate surface area is 131 Å². The molecule has 2 nitrogen and oxygen atoms in total. The highest BCUT2D eigenvalue weighted by molar-refractivity contribution is 7.10. The van der Waals surface area contributed by atoms with E-state index in [4.69, 9.17) is 11.6 Å². The molecule has 0 aromatic carbocycles. The van der Waals surface area contributed by atoms with Crippen molar-refractivity contribution in [3.63, 3.8) is 0 Å². The molecule has 2 heterocycles. The van der Waals surface area contributed by atoms with E-state index in [-0.39, 0.29) is 34.7 Å². The second kappa shape index (κ2) is 7.90. The van der Waals surface area contributed by atoms with Gasteiger partial charge in [-0.2, -0.15) is 13.2 Å². The Morgan fingerprint density at radius 3 is 2.26 bits per heavy atom. The number of rotatable bonds is 2. The highest BCUT2D eigenvalue weighted by Crippen LogP contribution is 2.42. The summed E-state index contributed by atoms with van der Waals surface area (Å²) in [5.74, 6) is 0. The summed E-state index contributed by atoms with van der Waals surface area (Å²) in [7, 11) is 0. The van der Waals surface area contributed by atoms with Gasteiger partial charge < -0.3 is 5.32 Å². The zero-order valence-electron chi connectivity index (χ0n) is 9.74. The molecule has 0 spiro atoms. The van der Waals surface area contributed by atoms with Crippen LogP contribution in [0, 0.1) is 0 Å². The normalized spacial score (nSPS) is 18.3. The lowest BCUT2D eigenvalue weighted by Crippen LogP contribution is -2.48. The summed E-state index contributed by atoms with van der Waals surface area (Å²) in [6, 6.07) is -0.0558. The molecular weight excluding hydrogens is 344 g/mol. The minimum Gasteiger partial charge on any atom is -0.314 e. The molecule has 1 aromatic heterocycles. The van der Waals surface area contributed by atoms with Gasteiger partial charge in [0.15, 0.2) is 0 Å². The first-order chi connectivity index (χ1) is 8.00. The maximum Gasteiger partial charge on any atom is 0.408 e. The molecule has 1 fully saturated rings. The van der Waals surface area contributed by atoms with Crippen molar-refractivity contribution in [3.05, 3.63) is 21.3 Å². The van der Waals surface area contributed by atoms with Crippen molar-refractivity contribution in [2.24, 2.45) is 0 Å². The van der Waals surface area contributed by atoms with Crippen LogP contribution in [0.4, 0.5) is 13.2 Å². The number of hydrogen-bond acceptors (Lipinski definition) is 3. The summed E-state index contributed by atoms with van der Waals surface area (Å²) in [4.78, 5) is 1.63. The van der Waals surface area contributed by atoms with E-state index < -0.39 is 12.2 Å². The van der Waals surface area contributed by atoms with Gasteiger partial charge in [0.2, 0.25) is 0 Å². The topological polar surface area (TPSA) is 15.3 Å². The Balaban J connectivity index is 0.00000162. The monoisotopic (exact) mass is 356 g/mol. The van der Waals surface area contributed by atoms with E-state index in [0.717, 1.165) is 11.3 Å². The van der Waals surface area contributed by atoms with Crippen LogP contribution >= 0.6 is 47.8 Å². The van der Waals surface area contributed by atoms with Crippen LogP contribution in [0.5, 0.6) is 0 Å². The predicted octanol–water partition coefficient (Wildman–Crippen LogP) is 3.75. The van der Waals surface area contributed by atoms with Gasteiger partial charge in [0.25, 0.3) is 0 Å². The summed E-state index contributed by atoms with van der Waals surface area (Å²) in [5, 5.41) is 4.84. The lowest BCUT2D eigenvalue weighted by Gasteiger charge is -2.35. The Kier molecular flexibility index (Phi) is 8.02. The summed E-state index contributed by atoms with van der Waals surface area (Å²) < 4.78 is 39.4. The van der Waals surface area contributed by atoms with Gasteiger partial charge >= 0.3 is 6.18 Å². The number of hydrogen-bond donors (Lipinski definition) is 1. The summed E-state index contributed by atoms with van der Waals surface area (Å²) >= 11 is 6.89. The first-order valence-electron chi connectivity index (χ1n) is 5.24. The number of nitrogens with one attached hydrogen (secondary N) is 1. The van der Waals surface area contributed by atoms with Crippen molar-refractivity contribution in [2.45, 2.75) is 12.2 Å². The van der Waals surface area contributed by atoms with Gasteiger partial charge in [-0.3, -0.25) is 4.90 Å². The molecule has 1 aliphatic rings. The van der Waals surface area contributed by atoms with Crippen molar-refractivity contribution in [3.8, 4) is 0 Å². The second-order valence-electron chi connectivity index (χ2n) is 3.86. The van der Waals surface area contributed by atoms with Gasteiger partial charge in [0.1, 0.15) is 6.04 Å². The third-order valence-electron chi connectivity index (χ3n) is 2.72. The zero-order chi connectivity index (χ0) is 12.5. The number of halogens is 6. The third-order valence-corrected chi connectivity index (χ3v) is 4.13. The summed E-state index contributed by atoms with van der Waals surface area (Å²) in [5.41, 5.74) is 0. The average molecular weight is 358 g/mol. The van der Waals surface area contributed by atoms with E-state index in [9.17, 15) is 13.2 Å². The molecule has 0 bridgehead atoms. The van der Waals surface area contributed by atoms with Gasteiger partial charge in [0.05, 0.1) is 5.02 Å². The molecule has 0 amide bonds. The molecule has 1 saturated heterocycles. The molecule has 1 aliphatic heterocycles. The average Bonchev–Trinajstić information content (AvgIpc) is 2.65. The van der Waals surface area contributed by atoms with Crippen LogP contribution in [0.3, 0.4) is 0 Å². The lowest BCUT2D eigenvalue weighted by atomic mass is 10.1. The Morgan fingerprint density at radius 2 is 1.84 bits per heavy atom. The fourth-order valence-electron chi connectivity index (χ4n) is 1.96. The summed E-state index contributed by atoms with van der Waals surface area (Å²) in [6.07, 6.45) is -4.29. The minimum absolute atomic E-state index is 0. The van der Waals surface area contributed by atoms with Crippen LogP contribution < -0.4 is 5.32 Å². The predicted molar refractivity (Wildman–Crippen MR) is 77.1 cm³/mol. The second-order valence-corrected chi connectivity index (χ2v) is 5.22. The fourth-order valence-corrected chi connectivity index (χ4v) is 3.28. The number of thiophene rings is 1. The van der Waals surface area contributed by atoms with E-state index in [0.29, 0.717) is 26.2 Å². The smallest absolute Gasteiger partial charge is 0.314 e. The Bertz CT molecular complexity index is 380. The van der Waals surface area contributed by atoms with E-state index >= 15 is 0 Å². The zero-order valence-corrected chi connectivity index (χ0v) is 12.9. The third kappa shape index (κ3) is 4.65. The standard InChI is InChI=1S/C10H12ClF3N2S.2ClH/c11-7-1-6-17-8(7)9(10(12,13)14)16-4-2-15-3-5-16;;/h1,6,9,15H,2-5H2;2*1H/t9-;;/m0../s1. The molecule has 2 rings (SSSR count). The highest BCUT2D eigenvalue weighted by atomic mass is 35.5. The van der Waals surface area contributed by atoms with E-state index in [2.05, 4.69) is 5.32 Å². The van der Waals surface area contributed by atoms with Crippen LogP contribution in [0.1, 0.15) is 10.9 Å². The van der Waals surface area contributed by atoms with Crippen LogP contribution in [0.25, 0.3) is 0 Å².